The average Bonchev–Trinajstić information content (AvgIpc) is 2.31. The molecule has 12 heavy (non-hydrogen) atoms. The molecule has 0 aliphatic carbocycles. The lowest BCUT2D eigenvalue weighted by Crippen LogP contribution is -1.81. The van der Waals surface area contributed by atoms with E-state index in [1.807, 2.05) is 0 Å². The molecule has 0 saturated carbocycles. The molecule has 1 aromatic rings. The van der Waals surface area contributed by atoms with Crippen molar-refractivity contribution in [3.8, 4) is 0 Å². The van der Waals surface area contributed by atoms with Crippen molar-refractivity contribution in [1.29, 1.82) is 0 Å². The van der Waals surface area contributed by atoms with Crippen LogP contribution in [0.4, 0.5) is 5.13 Å². The molecule has 2 N–H and O–H groups in total. The predicted molar refractivity (Wildman–Crippen MR) is 57.5 cm³/mol. The Bertz CT molecular complexity index is 247. The van der Waals surface area contributed by atoms with Crippen LogP contribution in [0.2, 0.25) is 0 Å². The van der Waals surface area contributed by atoms with E-state index in [2.05, 4.69) is 27.8 Å². The van der Waals surface area contributed by atoms with E-state index in [0.29, 0.717) is 5.13 Å². The first-order chi connectivity index (χ1) is 5.74. The van der Waals surface area contributed by atoms with Crippen LogP contribution in [0.25, 0.3) is 0 Å². The van der Waals surface area contributed by atoms with Gasteiger partial charge >= 0.3 is 0 Å². The van der Waals surface area contributed by atoms with Crippen molar-refractivity contribution < 1.29 is 0 Å². The molecule has 0 spiro atoms. The standard InChI is InChI=1S/C8H13BrN2S/c1-2-3-4-5-6-7(9)11-8(10)12-6/h2-5H2,1H3,(H2,10,11). The summed E-state index contributed by atoms with van der Waals surface area (Å²) in [6.45, 7) is 2.20. The van der Waals surface area contributed by atoms with Crippen molar-refractivity contribution in [3.05, 3.63) is 9.48 Å². The number of anilines is 1. The summed E-state index contributed by atoms with van der Waals surface area (Å²) < 4.78 is 0.932. The van der Waals surface area contributed by atoms with Crippen LogP contribution in [0, 0.1) is 0 Å². The van der Waals surface area contributed by atoms with Gasteiger partial charge in [-0.25, -0.2) is 4.98 Å². The van der Waals surface area contributed by atoms with Crippen LogP contribution in [0.1, 0.15) is 31.1 Å². The number of aromatic nitrogens is 1. The molecule has 0 saturated heterocycles. The van der Waals surface area contributed by atoms with Crippen molar-refractivity contribution >= 4 is 32.4 Å². The molecule has 0 amide bonds. The Morgan fingerprint density at radius 3 is 2.75 bits per heavy atom. The molecule has 0 radical (unpaired) electrons. The summed E-state index contributed by atoms with van der Waals surface area (Å²) in [5.41, 5.74) is 5.56. The number of halogens is 1. The smallest absolute Gasteiger partial charge is 0.181 e. The summed E-state index contributed by atoms with van der Waals surface area (Å²) >= 11 is 4.97. The van der Waals surface area contributed by atoms with Crippen molar-refractivity contribution in [1.82, 2.24) is 4.98 Å². The third kappa shape index (κ3) is 2.75. The topological polar surface area (TPSA) is 38.9 Å². The van der Waals surface area contributed by atoms with Crippen LogP contribution in [0.15, 0.2) is 4.60 Å². The first-order valence-corrected chi connectivity index (χ1v) is 5.75. The second kappa shape index (κ2) is 4.82. The Balaban J connectivity index is 2.45. The minimum atomic E-state index is 0.661. The van der Waals surface area contributed by atoms with E-state index in [1.54, 1.807) is 11.3 Å². The van der Waals surface area contributed by atoms with Crippen molar-refractivity contribution in [2.75, 3.05) is 5.73 Å². The van der Waals surface area contributed by atoms with Gasteiger partial charge in [-0.05, 0) is 28.8 Å². The third-order valence-electron chi connectivity index (χ3n) is 1.67. The summed E-state index contributed by atoms with van der Waals surface area (Å²) in [6, 6.07) is 0. The van der Waals surface area contributed by atoms with E-state index < -0.39 is 0 Å². The molecule has 4 heteroatoms. The Kier molecular flexibility index (Phi) is 4.01. The van der Waals surface area contributed by atoms with Gasteiger partial charge in [0.05, 0.1) is 0 Å². The fraction of sp³-hybridized carbons (Fsp3) is 0.625. The molecule has 1 rings (SSSR count). The number of hydrogen-bond acceptors (Lipinski definition) is 3. The van der Waals surface area contributed by atoms with E-state index in [9.17, 15) is 0 Å². The maximum Gasteiger partial charge on any atom is 0.181 e. The van der Waals surface area contributed by atoms with E-state index in [1.165, 1.54) is 24.1 Å². The molecule has 0 unspecified atom stereocenters. The van der Waals surface area contributed by atoms with Gasteiger partial charge in [0.1, 0.15) is 4.60 Å². The number of nitrogens with zero attached hydrogens (tertiary/aromatic N) is 1. The normalized spacial score (nSPS) is 10.5. The predicted octanol–water partition coefficient (Wildman–Crippen LogP) is 3.22. The summed E-state index contributed by atoms with van der Waals surface area (Å²) in [6.07, 6.45) is 4.87. The Hall–Kier alpha value is -0.0900. The Labute approximate surface area is 85.3 Å². The van der Waals surface area contributed by atoms with Gasteiger partial charge in [0.15, 0.2) is 5.13 Å². The number of unbranched alkanes of at least 4 members (excludes halogenated alkanes) is 2. The first-order valence-electron chi connectivity index (χ1n) is 4.14. The fourth-order valence-corrected chi connectivity index (χ4v) is 2.56. The van der Waals surface area contributed by atoms with Crippen LogP contribution in [-0.2, 0) is 6.42 Å². The monoisotopic (exact) mass is 248 g/mol. The zero-order valence-electron chi connectivity index (χ0n) is 7.14. The number of thiazole rings is 1. The highest BCUT2D eigenvalue weighted by atomic mass is 79.9. The van der Waals surface area contributed by atoms with Gasteiger partial charge in [0.2, 0.25) is 0 Å². The van der Waals surface area contributed by atoms with E-state index in [0.717, 1.165) is 11.0 Å². The number of nitrogen functional groups attached to an aromatic ring is 1. The first kappa shape index (κ1) is 9.99. The zero-order chi connectivity index (χ0) is 8.97. The lowest BCUT2D eigenvalue weighted by molar-refractivity contribution is 0.720. The molecule has 0 aromatic carbocycles. The SMILES string of the molecule is CCCCCc1sc(N)nc1Br. The summed E-state index contributed by atoms with van der Waals surface area (Å²) in [4.78, 5) is 5.38. The molecular formula is C8H13BrN2S. The zero-order valence-corrected chi connectivity index (χ0v) is 9.54. The fourth-order valence-electron chi connectivity index (χ4n) is 1.04. The second-order valence-corrected chi connectivity index (χ2v) is 4.59. The van der Waals surface area contributed by atoms with Crippen LogP contribution in [0.3, 0.4) is 0 Å². The van der Waals surface area contributed by atoms with Gasteiger partial charge in [-0.3, -0.25) is 0 Å². The van der Waals surface area contributed by atoms with Gasteiger partial charge in [-0.1, -0.05) is 19.8 Å². The van der Waals surface area contributed by atoms with Crippen LogP contribution in [-0.4, -0.2) is 4.98 Å². The van der Waals surface area contributed by atoms with Gasteiger partial charge in [0, 0.05) is 4.88 Å². The highest BCUT2D eigenvalue weighted by molar-refractivity contribution is 9.10. The quantitative estimate of drug-likeness (QED) is 0.832. The number of aryl methyl sites for hydroxylation is 1. The Morgan fingerprint density at radius 1 is 1.50 bits per heavy atom. The number of rotatable bonds is 4. The molecule has 0 fully saturated rings. The lowest BCUT2D eigenvalue weighted by Gasteiger charge is -1.95. The Morgan fingerprint density at radius 2 is 2.25 bits per heavy atom. The molecule has 2 nitrogen and oxygen atoms in total. The molecule has 0 aliphatic heterocycles. The van der Waals surface area contributed by atoms with Gasteiger partial charge < -0.3 is 5.73 Å². The minimum absolute atomic E-state index is 0.661. The van der Waals surface area contributed by atoms with Crippen molar-refractivity contribution in [2.45, 2.75) is 32.6 Å². The van der Waals surface area contributed by atoms with Gasteiger partial charge in [-0.15, -0.1) is 11.3 Å². The number of nitrogens with two attached hydrogens (primary N) is 1. The summed E-state index contributed by atoms with van der Waals surface area (Å²) in [7, 11) is 0. The maximum absolute atomic E-state index is 5.56. The summed E-state index contributed by atoms with van der Waals surface area (Å²) in [5, 5.41) is 0.661. The van der Waals surface area contributed by atoms with Crippen molar-refractivity contribution in [2.24, 2.45) is 0 Å². The van der Waals surface area contributed by atoms with Crippen LogP contribution < -0.4 is 5.73 Å². The number of hydrogen-bond donors (Lipinski definition) is 1. The molecule has 0 aliphatic rings. The second-order valence-electron chi connectivity index (χ2n) is 2.72. The summed E-state index contributed by atoms with van der Waals surface area (Å²) in [5.74, 6) is 0. The van der Waals surface area contributed by atoms with Crippen LogP contribution in [0.5, 0.6) is 0 Å². The molecule has 68 valence electrons. The van der Waals surface area contributed by atoms with E-state index >= 15 is 0 Å². The maximum atomic E-state index is 5.56. The average molecular weight is 249 g/mol. The highest BCUT2D eigenvalue weighted by Crippen LogP contribution is 2.26. The highest BCUT2D eigenvalue weighted by Gasteiger charge is 2.05. The minimum Gasteiger partial charge on any atom is -0.375 e. The molecule has 0 bridgehead atoms. The lowest BCUT2D eigenvalue weighted by atomic mass is 10.2. The van der Waals surface area contributed by atoms with Gasteiger partial charge in [0.25, 0.3) is 0 Å². The third-order valence-corrected chi connectivity index (χ3v) is 3.54. The van der Waals surface area contributed by atoms with E-state index in [4.69, 9.17) is 5.73 Å². The van der Waals surface area contributed by atoms with Crippen molar-refractivity contribution in [3.63, 3.8) is 0 Å². The van der Waals surface area contributed by atoms with Crippen LogP contribution >= 0.6 is 27.3 Å². The molecule has 0 atom stereocenters. The largest absolute Gasteiger partial charge is 0.375 e. The molecular weight excluding hydrogens is 236 g/mol. The van der Waals surface area contributed by atoms with E-state index in [-0.39, 0.29) is 0 Å². The molecule has 1 aromatic heterocycles. The van der Waals surface area contributed by atoms with Gasteiger partial charge in [-0.2, -0.15) is 0 Å². The molecule has 1 heterocycles.